The molecule has 7 aromatic carbocycles. The average Bonchev–Trinajstić information content (AvgIpc) is 3.67. The Balaban J connectivity index is 1.24. The van der Waals surface area contributed by atoms with Crippen LogP contribution in [0.2, 0.25) is 0 Å². The van der Waals surface area contributed by atoms with Crippen molar-refractivity contribution in [3.05, 3.63) is 181 Å². The Morgan fingerprint density at radius 2 is 0.981 bits per heavy atom. The quantitative estimate of drug-likeness (QED) is 0.184. The average molecular weight is 667 g/mol. The summed E-state index contributed by atoms with van der Waals surface area (Å²) in [6.45, 7) is 4.70. The smallest absolute Gasteiger partial charge is 0.164 e. The van der Waals surface area contributed by atoms with Crippen LogP contribution in [0, 0.1) is 0 Å². The zero-order valence-corrected chi connectivity index (χ0v) is 29.0. The van der Waals surface area contributed by atoms with Crippen LogP contribution in [0.5, 0.6) is 0 Å². The SMILES string of the molecule is CC1(C)c2ccccc2-c2c(-c3nc(-c4ccccc4)nc(-c4ccccc4)n3)ccc(-c3ccc4c5ccccc5n(-c5ccccc5)c4c3)c21. The molecule has 1 aliphatic rings. The molecule has 10 rings (SSSR count). The van der Waals surface area contributed by atoms with Crippen molar-refractivity contribution in [2.24, 2.45) is 0 Å². The van der Waals surface area contributed by atoms with Gasteiger partial charge < -0.3 is 4.57 Å². The van der Waals surface area contributed by atoms with E-state index in [0.29, 0.717) is 17.5 Å². The summed E-state index contributed by atoms with van der Waals surface area (Å²) < 4.78 is 2.39. The fourth-order valence-electron chi connectivity index (χ4n) is 8.26. The van der Waals surface area contributed by atoms with E-state index in [1.54, 1.807) is 0 Å². The maximum Gasteiger partial charge on any atom is 0.164 e. The predicted molar refractivity (Wildman–Crippen MR) is 213 cm³/mol. The van der Waals surface area contributed by atoms with Crippen molar-refractivity contribution in [2.45, 2.75) is 19.3 Å². The van der Waals surface area contributed by atoms with Crippen molar-refractivity contribution in [1.82, 2.24) is 19.5 Å². The lowest BCUT2D eigenvalue weighted by Gasteiger charge is -2.25. The highest BCUT2D eigenvalue weighted by Crippen LogP contribution is 2.55. The van der Waals surface area contributed by atoms with E-state index in [2.05, 4.69) is 152 Å². The summed E-state index contributed by atoms with van der Waals surface area (Å²) in [5.41, 5.74) is 13.6. The van der Waals surface area contributed by atoms with Gasteiger partial charge in [-0.2, -0.15) is 0 Å². The van der Waals surface area contributed by atoms with E-state index < -0.39 is 0 Å². The molecule has 246 valence electrons. The van der Waals surface area contributed by atoms with Gasteiger partial charge in [0.25, 0.3) is 0 Å². The van der Waals surface area contributed by atoms with Crippen LogP contribution in [0.4, 0.5) is 0 Å². The first-order chi connectivity index (χ1) is 25.6. The van der Waals surface area contributed by atoms with Gasteiger partial charge in [-0.05, 0) is 63.7 Å². The van der Waals surface area contributed by atoms with Crippen LogP contribution in [0.25, 0.3) is 83.9 Å². The highest BCUT2D eigenvalue weighted by molar-refractivity contribution is 6.10. The molecule has 0 spiro atoms. The summed E-state index contributed by atoms with van der Waals surface area (Å²) in [6, 6.07) is 60.1. The molecule has 0 fully saturated rings. The van der Waals surface area contributed by atoms with Gasteiger partial charge in [0.2, 0.25) is 0 Å². The highest BCUT2D eigenvalue weighted by atomic mass is 15.0. The largest absolute Gasteiger partial charge is 0.309 e. The van der Waals surface area contributed by atoms with E-state index in [1.807, 2.05) is 36.4 Å². The third kappa shape index (κ3) is 4.65. The Morgan fingerprint density at radius 1 is 0.423 bits per heavy atom. The number of rotatable bonds is 5. The molecule has 4 heteroatoms. The molecule has 0 atom stereocenters. The minimum absolute atomic E-state index is 0.268. The Kier molecular flexibility index (Phi) is 6.80. The van der Waals surface area contributed by atoms with E-state index in [-0.39, 0.29) is 5.41 Å². The third-order valence-electron chi connectivity index (χ3n) is 10.6. The molecule has 0 N–H and O–H groups in total. The van der Waals surface area contributed by atoms with E-state index in [4.69, 9.17) is 15.0 Å². The standard InChI is InChI=1S/C48H34N4/c1-48(2)40-24-14-12-23-38(40)43-39(47-50-45(31-16-6-3-7-17-31)49-46(51-47)32-18-8-4-9-19-32)29-28-35(44(43)48)33-26-27-37-36-22-13-15-25-41(36)52(42(37)30-33)34-20-10-5-11-21-34/h3-30H,1-2H3. The van der Waals surface area contributed by atoms with Crippen molar-refractivity contribution in [3.8, 4) is 62.1 Å². The molecule has 0 radical (unpaired) electrons. The van der Waals surface area contributed by atoms with Crippen LogP contribution >= 0.6 is 0 Å². The van der Waals surface area contributed by atoms with Gasteiger partial charge in [0.1, 0.15) is 0 Å². The lowest BCUT2D eigenvalue weighted by atomic mass is 9.78. The number of nitrogens with zero attached hydrogens (tertiary/aromatic N) is 4. The molecule has 0 saturated heterocycles. The zero-order valence-electron chi connectivity index (χ0n) is 29.0. The van der Waals surface area contributed by atoms with E-state index in [1.165, 1.54) is 55.2 Å². The fraction of sp³-hybridized carbons (Fsp3) is 0.0625. The number of hydrogen-bond acceptors (Lipinski definition) is 3. The van der Waals surface area contributed by atoms with Crippen LogP contribution < -0.4 is 0 Å². The number of benzene rings is 7. The maximum atomic E-state index is 5.18. The summed E-state index contributed by atoms with van der Waals surface area (Å²) in [6.07, 6.45) is 0. The molecule has 1 aliphatic carbocycles. The van der Waals surface area contributed by atoms with Crippen LogP contribution in [-0.2, 0) is 5.41 Å². The zero-order chi connectivity index (χ0) is 34.8. The second kappa shape index (κ2) is 11.7. The minimum Gasteiger partial charge on any atom is -0.309 e. The van der Waals surface area contributed by atoms with Gasteiger partial charge in [-0.1, -0.05) is 153 Å². The Morgan fingerprint density at radius 3 is 1.69 bits per heavy atom. The van der Waals surface area contributed by atoms with Gasteiger partial charge in [-0.15, -0.1) is 0 Å². The van der Waals surface area contributed by atoms with E-state index in [9.17, 15) is 0 Å². The van der Waals surface area contributed by atoms with E-state index >= 15 is 0 Å². The highest BCUT2D eigenvalue weighted by Gasteiger charge is 2.39. The monoisotopic (exact) mass is 666 g/mol. The number of hydrogen-bond donors (Lipinski definition) is 0. The summed E-state index contributed by atoms with van der Waals surface area (Å²) in [4.78, 5) is 15.4. The van der Waals surface area contributed by atoms with Crippen LogP contribution in [-0.4, -0.2) is 19.5 Å². The van der Waals surface area contributed by atoms with Gasteiger partial charge >= 0.3 is 0 Å². The molecule has 9 aromatic rings. The van der Waals surface area contributed by atoms with Gasteiger partial charge in [-0.3, -0.25) is 0 Å². The second-order valence-corrected chi connectivity index (χ2v) is 14.0. The molecule has 0 saturated carbocycles. The Hall–Kier alpha value is -6.65. The number of para-hydroxylation sites is 2. The first-order valence-electron chi connectivity index (χ1n) is 17.8. The fourth-order valence-corrected chi connectivity index (χ4v) is 8.26. The lowest BCUT2D eigenvalue weighted by molar-refractivity contribution is 0.662. The molecular weight excluding hydrogens is 633 g/mol. The summed E-state index contributed by atoms with van der Waals surface area (Å²) in [7, 11) is 0. The lowest BCUT2D eigenvalue weighted by Crippen LogP contribution is -2.16. The van der Waals surface area contributed by atoms with Crippen molar-refractivity contribution in [3.63, 3.8) is 0 Å². The maximum absolute atomic E-state index is 5.18. The van der Waals surface area contributed by atoms with Gasteiger partial charge in [0.05, 0.1) is 11.0 Å². The normalized spacial score (nSPS) is 13.0. The molecule has 0 amide bonds. The summed E-state index contributed by atoms with van der Waals surface area (Å²) in [5, 5.41) is 2.49. The van der Waals surface area contributed by atoms with Gasteiger partial charge in [0.15, 0.2) is 17.5 Å². The van der Waals surface area contributed by atoms with Gasteiger partial charge in [-0.25, -0.2) is 15.0 Å². The molecule has 0 bridgehead atoms. The first kappa shape index (κ1) is 30.2. The minimum atomic E-state index is -0.268. The number of aromatic nitrogens is 4. The van der Waals surface area contributed by atoms with Crippen molar-refractivity contribution < 1.29 is 0 Å². The summed E-state index contributed by atoms with van der Waals surface area (Å²) in [5.74, 6) is 1.99. The van der Waals surface area contributed by atoms with Crippen LogP contribution in [0.15, 0.2) is 170 Å². The Labute approximate surface area is 302 Å². The molecule has 0 aliphatic heterocycles. The molecule has 2 aromatic heterocycles. The van der Waals surface area contributed by atoms with Crippen molar-refractivity contribution in [2.75, 3.05) is 0 Å². The van der Waals surface area contributed by atoms with Crippen LogP contribution in [0.3, 0.4) is 0 Å². The van der Waals surface area contributed by atoms with Crippen molar-refractivity contribution in [1.29, 1.82) is 0 Å². The molecule has 0 unspecified atom stereocenters. The summed E-state index contributed by atoms with van der Waals surface area (Å²) >= 11 is 0. The number of fused-ring (bicyclic) bond motifs is 6. The molecule has 52 heavy (non-hydrogen) atoms. The second-order valence-electron chi connectivity index (χ2n) is 14.0. The Bertz CT molecular complexity index is 2740. The van der Waals surface area contributed by atoms with E-state index in [0.717, 1.165) is 22.4 Å². The topological polar surface area (TPSA) is 43.6 Å². The molecule has 4 nitrogen and oxygen atoms in total. The van der Waals surface area contributed by atoms with Crippen LogP contribution in [0.1, 0.15) is 25.0 Å². The third-order valence-corrected chi connectivity index (χ3v) is 10.6. The van der Waals surface area contributed by atoms with Crippen molar-refractivity contribution >= 4 is 21.8 Å². The van der Waals surface area contributed by atoms with Gasteiger partial charge in [0, 0.05) is 38.6 Å². The molecule has 2 heterocycles. The molecular formula is C48H34N4. The predicted octanol–water partition coefficient (Wildman–Crippen LogP) is 11.9. The first-order valence-corrected chi connectivity index (χ1v) is 17.8.